The Kier molecular flexibility index (Phi) is 30.0. The zero-order valence-electron chi connectivity index (χ0n) is 36.4. The van der Waals surface area contributed by atoms with Crippen LogP contribution in [-0.2, 0) is 38.0 Å². The largest absolute Gasteiger partial charge is 0.462 e. The average molecular weight is 869 g/mol. The highest BCUT2D eigenvalue weighted by atomic mass is 16.7. The normalized spacial score (nSPS) is 27.9. The molecule has 15 heteroatoms. The highest BCUT2D eigenvalue weighted by Crippen LogP contribution is 2.26. The summed E-state index contributed by atoms with van der Waals surface area (Å²) < 4.78 is 33.3. The summed E-state index contributed by atoms with van der Waals surface area (Å²) in [6.07, 6.45) is 18.7. The van der Waals surface area contributed by atoms with Gasteiger partial charge < -0.3 is 64.2 Å². The fourth-order valence-corrected chi connectivity index (χ4v) is 6.54. The van der Waals surface area contributed by atoms with Crippen LogP contribution in [0.1, 0.15) is 123 Å². The van der Waals surface area contributed by atoms with Crippen LogP contribution in [0.25, 0.3) is 0 Å². The molecule has 15 nitrogen and oxygen atoms in total. The van der Waals surface area contributed by atoms with Crippen molar-refractivity contribution in [3.8, 4) is 0 Å². The molecule has 7 N–H and O–H groups in total. The van der Waals surface area contributed by atoms with Crippen LogP contribution >= 0.6 is 0 Å². The summed E-state index contributed by atoms with van der Waals surface area (Å²) in [4.78, 5) is 25.5. The standard InChI is InChI=1S/C46H76O15/c1-3-5-7-9-11-13-14-15-16-17-18-19-20-21-23-24-26-28-37(48)56-31-34(59-38(49)29-27-25-22-12-10-8-6-4-2)32-57-45-44(55)42(53)40(51)36(61-45)33-58-46-43(54)41(52)39(50)35(30-47)60-46/h5,7,11,13,15-16,18-19,21,23,34-36,39-47,50-55H,3-4,6,8-10,12,14,17,20,22,24-33H2,1-2H3/b7-5+,13-11+,16-15+,19-18+,23-21+/t34-,35+,36+,39-,40-,41?,42?,43?,44?,45+,46+/m0/s1. The number of ether oxygens (including phenoxy) is 6. The van der Waals surface area contributed by atoms with E-state index in [1.54, 1.807) is 0 Å². The van der Waals surface area contributed by atoms with Crippen LogP contribution < -0.4 is 0 Å². The van der Waals surface area contributed by atoms with Crippen LogP contribution in [-0.4, -0.2) is 142 Å². The molecule has 11 atom stereocenters. The summed E-state index contributed by atoms with van der Waals surface area (Å²) in [6.45, 7) is 2.33. The number of hydrogen-bond donors (Lipinski definition) is 7. The summed E-state index contributed by atoms with van der Waals surface area (Å²) in [7, 11) is 0. The lowest BCUT2D eigenvalue weighted by Gasteiger charge is -2.42. The zero-order chi connectivity index (χ0) is 44.7. The summed E-state index contributed by atoms with van der Waals surface area (Å²) >= 11 is 0. The first-order valence-electron chi connectivity index (χ1n) is 22.4. The Labute approximate surface area is 362 Å². The van der Waals surface area contributed by atoms with Gasteiger partial charge in [0.25, 0.3) is 0 Å². The van der Waals surface area contributed by atoms with Crippen LogP contribution in [0.4, 0.5) is 0 Å². The molecule has 0 saturated carbocycles. The van der Waals surface area contributed by atoms with E-state index in [1.165, 1.54) is 19.3 Å². The predicted octanol–water partition coefficient (Wildman–Crippen LogP) is 4.53. The first-order valence-corrected chi connectivity index (χ1v) is 22.4. The summed E-state index contributed by atoms with van der Waals surface area (Å²) in [6, 6.07) is 0. The van der Waals surface area contributed by atoms with Crippen molar-refractivity contribution in [2.45, 2.75) is 191 Å². The number of aliphatic hydroxyl groups excluding tert-OH is 7. The predicted molar refractivity (Wildman–Crippen MR) is 229 cm³/mol. The lowest BCUT2D eigenvalue weighted by Crippen LogP contribution is -2.61. The van der Waals surface area contributed by atoms with E-state index in [2.05, 4.69) is 62.5 Å². The molecule has 61 heavy (non-hydrogen) atoms. The molecule has 0 aromatic carbocycles. The van der Waals surface area contributed by atoms with Gasteiger partial charge in [0.1, 0.15) is 55.4 Å². The van der Waals surface area contributed by atoms with E-state index in [-0.39, 0.29) is 19.4 Å². The van der Waals surface area contributed by atoms with Gasteiger partial charge >= 0.3 is 11.9 Å². The van der Waals surface area contributed by atoms with E-state index in [9.17, 15) is 45.3 Å². The molecule has 0 aromatic heterocycles. The van der Waals surface area contributed by atoms with Gasteiger partial charge in [-0.05, 0) is 51.4 Å². The third-order valence-corrected chi connectivity index (χ3v) is 10.3. The number of unbranched alkanes of at least 4 members (excludes halogenated alkanes) is 8. The maximum atomic E-state index is 12.8. The summed E-state index contributed by atoms with van der Waals surface area (Å²) in [5, 5.41) is 71.7. The van der Waals surface area contributed by atoms with Gasteiger partial charge in [-0.15, -0.1) is 0 Å². The van der Waals surface area contributed by atoms with Gasteiger partial charge in [-0.3, -0.25) is 9.59 Å². The molecule has 0 radical (unpaired) electrons. The minimum atomic E-state index is -1.77. The molecular formula is C46H76O15. The van der Waals surface area contributed by atoms with E-state index in [0.29, 0.717) is 19.3 Å². The molecule has 2 rings (SSSR count). The number of esters is 2. The molecule has 0 aromatic rings. The van der Waals surface area contributed by atoms with Gasteiger partial charge in [-0.1, -0.05) is 120 Å². The molecule has 0 aliphatic carbocycles. The Hall–Kier alpha value is -2.80. The van der Waals surface area contributed by atoms with Crippen molar-refractivity contribution in [1.82, 2.24) is 0 Å². The SMILES string of the molecule is CC/C=C/C/C=C/C/C=C/C/C=C/C/C=C/CCCC(=O)OC[C@@H](CO[C@@H]1O[C@H](CO[C@@H]2O[C@H](CO)[C@H](O)C(O)C2O)[C@H](O)C(O)C1O)OC(=O)CCCCCCCCCC. The van der Waals surface area contributed by atoms with E-state index in [1.807, 2.05) is 12.2 Å². The van der Waals surface area contributed by atoms with Crippen molar-refractivity contribution in [3.05, 3.63) is 60.8 Å². The number of allylic oxidation sites excluding steroid dienone is 10. The van der Waals surface area contributed by atoms with Crippen molar-refractivity contribution in [2.24, 2.45) is 0 Å². The molecule has 4 unspecified atom stereocenters. The molecule has 0 bridgehead atoms. The van der Waals surface area contributed by atoms with E-state index in [0.717, 1.165) is 57.8 Å². The Bertz CT molecular complexity index is 1300. The molecule has 2 aliphatic rings. The van der Waals surface area contributed by atoms with Crippen molar-refractivity contribution in [2.75, 3.05) is 26.4 Å². The number of carbonyl (C=O) groups is 2. The summed E-state index contributed by atoms with van der Waals surface area (Å²) in [5.41, 5.74) is 0. The minimum absolute atomic E-state index is 0.138. The maximum absolute atomic E-state index is 12.8. The number of hydrogen-bond acceptors (Lipinski definition) is 15. The molecule has 2 fully saturated rings. The lowest BCUT2D eigenvalue weighted by atomic mass is 9.98. The molecule has 0 spiro atoms. The van der Waals surface area contributed by atoms with Gasteiger partial charge in [-0.25, -0.2) is 0 Å². The molecule has 350 valence electrons. The molecule has 2 heterocycles. The van der Waals surface area contributed by atoms with E-state index >= 15 is 0 Å². The van der Waals surface area contributed by atoms with Crippen LogP contribution in [0, 0.1) is 0 Å². The molecule has 2 saturated heterocycles. The average Bonchev–Trinajstić information content (AvgIpc) is 3.25. The van der Waals surface area contributed by atoms with E-state index < -0.39 is 99.3 Å². The van der Waals surface area contributed by atoms with Crippen molar-refractivity contribution >= 4 is 11.9 Å². The Morgan fingerprint density at radius 3 is 1.61 bits per heavy atom. The quantitative estimate of drug-likeness (QED) is 0.0280. The van der Waals surface area contributed by atoms with Crippen molar-refractivity contribution < 1.29 is 73.8 Å². The van der Waals surface area contributed by atoms with Crippen molar-refractivity contribution in [3.63, 3.8) is 0 Å². The Morgan fingerprint density at radius 1 is 0.541 bits per heavy atom. The topological polar surface area (TPSA) is 231 Å². The van der Waals surface area contributed by atoms with Gasteiger partial charge in [0.2, 0.25) is 0 Å². The number of aliphatic hydroxyl groups is 7. The third-order valence-electron chi connectivity index (χ3n) is 10.3. The smallest absolute Gasteiger partial charge is 0.306 e. The van der Waals surface area contributed by atoms with Crippen LogP contribution in [0.2, 0.25) is 0 Å². The fourth-order valence-electron chi connectivity index (χ4n) is 6.54. The number of rotatable bonds is 32. The first-order chi connectivity index (χ1) is 29.5. The highest BCUT2D eigenvalue weighted by molar-refractivity contribution is 5.70. The molecule has 2 aliphatic heterocycles. The van der Waals surface area contributed by atoms with Crippen LogP contribution in [0.5, 0.6) is 0 Å². The van der Waals surface area contributed by atoms with Gasteiger partial charge in [0, 0.05) is 12.8 Å². The van der Waals surface area contributed by atoms with Gasteiger partial charge in [0.15, 0.2) is 18.7 Å². The zero-order valence-corrected chi connectivity index (χ0v) is 36.4. The van der Waals surface area contributed by atoms with Crippen LogP contribution in [0.15, 0.2) is 60.8 Å². The minimum Gasteiger partial charge on any atom is -0.462 e. The first kappa shape index (κ1) is 54.3. The lowest BCUT2D eigenvalue weighted by molar-refractivity contribution is -0.332. The highest BCUT2D eigenvalue weighted by Gasteiger charge is 2.47. The number of carbonyl (C=O) groups excluding carboxylic acids is 2. The molecule has 0 amide bonds. The van der Waals surface area contributed by atoms with Crippen LogP contribution in [0.3, 0.4) is 0 Å². The second-order valence-corrected chi connectivity index (χ2v) is 15.5. The molecular weight excluding hydrogens is 792 g/mol. The van der Waals surface area contributed by atoms with Crippen molar-refractivity contribution in [1.29, 1.82) is 0 Å². The fraction of sp³-hybridized carbons (Fsp3) is 0.739. The third kappa shape index (κ3) is 22.9. The second-order valence-electron chi connectivity index (χ2n) is 15.5. The monoisotopic (exact) mass is 869 g/mol. The summed E-state index contributed by atoms with van der Waals surface area (Å²) in [5.74, 6) is -1.00. The van der Waals surface area contributed by atoms with E-state index in [4.69, 9.17) is 28.4 Å². The Morgan fingerprint density at radius 2 is 1.03 bits per heavy atom. The van der Waals surface area contributed by atoms with Gasteiger partial charge in [-0.2, -0.15) is 0 Å². The Balaban J connectivity index is 1.86. The maximum Gasteiger partial charge on any atom is 0.306 e. The van der Waals surface area contributed by atoms with Gasteiger partial charge in [0.05, 0.1) is 19.8 Å². The second kappa shape index (κ2) is 33.7.